The highest BCUT2D eigenvalue weighted by molar-refractivity contribution is 5.82. The molecule has 1 fully saturated rings. The molecule has 0 aromatic heterocycles. The van der Waals surface area contributed by atoms with Crippen LogP contribution in [0.1, 0.15) is 38.5 Å². The lowest BCUT2D eigenvalue weighted by atomic mass is 10.1. The van der Waals surface area contributed by atoms with Crippen LogP contribution in [0.4, 0.5) is 4.79 Å². The summed E-state index contributed by atoms with van der Waals surface area (Å²) in [5.41, 5.74) is 0. The number of carboxylic acid groups (broad SMARTS) is 1. The van der Waals surface area contributed by atoms with E-state index in [4.69, 9.17) is 10.2 Å². The molecule has 0 saturated carbocycles. The number of aliphatic hydroxyl groups is 1. The maximum absolute atomic E-state index is 11.9. The normalized spacial score (nSPS) is 18.6. The molecule has 18 heavy (non-hydrogen) atoms. The smallest absolute Gasteiger partial charge is 0.326 e. The number of aliphatic hydroxyl groups excluding tert-OH is 1. The molecule has 0 spiro atoms. The Morgan fingerprint density at radius 1 is 1.11 bits per heavy atom. The Morgan fingerprint density at radius 2 is 1.67 bits per heavy atom. The summed E-state index contributed by atoms with van der Waals surface area (Å²) in [5, 5.41) is 20.1. The summed E-state index contributed by atoms with van der Waals surface area (Å²) >= 11 is 0. The molecule has 0 bridgehead atoms. The highest BCUT2D eigenvalue weighted by atomic mass is 16.4. The first-order chi connectivity index (χ1) is 8.65. The Hall–Kier alpha value is -1.30. The van der Waals surface area contributed by atoms with Crippen LogP contribution in [-0.2, 0) is 4.79 Å². The maximum Gasteiger partial charge on any atom is 0.326 e. The van der Waals surface area contributed by atoms with Crippen molar-refractivity contribution in [1.29, 1.82) is 0 Å². The molecule has 6 nitrogen and oxygen atoms in total. The number of carbonyl (C=O) groups is 2. The number of hydrogen-bond acceptors (Lipinski definition) is 3. The predicted octanol–water partition coefficient (Wildman–Crippen LogP) is 0.798. The van der Waals surface area contributed by atoms with Gasteiger partial charge in [-0.05, 0) is 12.8 Å². The number of hydrogen-bond donors (Lipinski definition) is 3. The third-order valence-corrected chi connectivity index (χ3v) is 3.16. The molecule has 1 atom stereocenters. The lowest BCUT2D eigenvalue weighted by Crippen LogP contribution is -2.49. The number of rotatable bonds is 4. The maximum atomic E-state index is 11.9. The number of nitrogens with one attached hydrogen (secondary N) is 1. The Kier molecular flexibility index (Phi) is 6.49. The summed E-state index contributed by atoms with van der Waals surface area (Å²) in [6.07, 6.45) is 5.40. The van der Waals surface area contributed by atoms with Gasteiger partial charge in [0, 0.05) is 26.1 Å². The van der Waals surface area contributed by atoms with Crippen molar-refractivity contribution in [3.8, 4) is 0 Å². The van der Waals surface area contributed by atoms with Crippen LogP contribution in [0.25, 0.3) is 0 Å². The average molecular weight is 258 g/mol. The Balaban J connectivity index is 2.47. The molecule has 1 rings (SSSR count). The minimum Gasteiger partial charge on any atom is -0.480 e. The monoisotopic (exact) mass is 258 g/mol. The molecular formula is C12H22N2O4. The average Bonchev–Trinajstić information content (AvgIpc) is 2.27. The lowest BCUT2D eigenvalue weighted by Gasteiger charge is -2.26. The highest BCUT2D eigenvalue weighted by Gasteiger charge is 2.22. The second-order valence-corrected chi connectivity index (χ2v) is 4.61. The molecule has 1 heterocycles. The zero-order chi connectivity index (χ0) is 13.4. The van der Waals surface area contributed by atoms with Gasteiger partial charge in [-0.1, -0.05) is 19.3 Å². The molecule has 0 unspecified atom stereocenters. The molecule has 1 aliphatic rings. The first kappa shape index (κ1) is 14.8. The van der Waals surface area contributed by atoms with Gasteiger partial charge in [-0.3, -0.25) is 0 Å². The van der Waals surface area contributed by atoms with Gasteiger partial charge >= 0.3 is 12.0 Å². The van der Waals surface area contributed by atoms with E-state index in [1.165, 1.54) is 6.42 Å². The molecule has 104 valence electrons. The van der Waals surface area contributed by atoms with Crippen LogP contribution in [0.3, 0.4) is 0 Å². The van der Waals surface area contributed by atoms with E-state index in [-0.39, 0.29) is 19.1 Å². The third kappa shape index (κ3) is 4.91. The third-order valence-electron chi connectivity index (χ3n) is 3.16. The number of urea groups is 1. The van der Waals surface area contributed by atoms with Gasteiger partial charge in [-0.25, -0.2) is 9.59 Å². The molecular weight excluding hydrogens is 236 g/mol. The summed E-state index contributed by atoms with van der Waals surface area (Å²) in [6.45, 7) is 1.10. The second-order valence-electron chi connectivity index (χ2n) is 4.61. The van der Waals surface area contributed by atoms with Gasteiger partial charge in [0.15, 0.2) is 0 Å². The first-order valence-corrected chi connectivity index (χ1v) is 6.54. The Morgan fingerprint density at radius 3 is 2.17 bits per heavy atom. The van der Waals surface area contributed by atoms with Crippen molar-refractivity contribution in [2.75, 3.05) is 19.7 Å². The molecule has 1 saturated heterocycles. The van der Waals surface area contributed by atoms with E-state index in [1.54, 1.807) is 4.90 Å². The Labute approximate surface area is 107 Å². The van der Waals surface area contributed by atoms with Crippen LogP contribution in [0, 0.1) is 0 Å². The Bertz CT molecular complexity index is 275. The van der Waals surface area contributed by atoms with Crippen molar-refractivity contribution in [2.45, 2.75) is 44.6 Å². The van der Waals surface area contributed by atoms with E-state index in [2.05, 4.69) is 5.32 Å². The van der Waals surface area contributed by atoms with E-state index < -0.39 is 12.0 Å². The fourth-order valence-electron chi connectivity index (χ4n) is 2.08. The summed E-state index contributed by atoms with van der Waals surface area (Å²) in [6, 6.07) is -1.34. The van der Waals surface area contributed by atoms with Crippen molar-refractivity contribution < 1.29 is 19.8 Å². The summed E-state index contributed by atoms with van der Waals surface area (Å²) in [4.78, 5) is 24.5. The van der Waals surface area contributed by atoms with Crippen LogP contribution in [-0.4, -0.2) is 52.9 Å². The van der Waals surface area contributed by atoms with Crippen LogP contribution < -0.4 is 5.32 Å². The lowest BCUT2D eigenvalue weighted by molar-refractivity contribution is -0.139. The van der Waals surface area contributed by atoms with Crippen molar-refractivity contribution in [1.82, 2.24) is 10.2 Å². The zero-order valence-electron chi connectivity index (χ0n) is 10.6. The molecule has 0 aromatic rings. The van der Waals surface area contributed by atoms with Gasteiger partial charge in [-0.15, -0.1) is 0 Å². The molecule has 3 N–H and O–H groups in total. The SMILES string of the molecule is O=C(O)[C@@H](CCO)NC(=O)N1CCCCCCC1. The number of nitrogens with zero attached hydrogens (tertiary/aromatic N) is 1. The van der Waals surface area contributed by atoms with Crippen molar-refractivity contribution >= 4 is 12.0 Å². The zero-order valence-corrected chi connectivity index (χ0v) is 10.6. The molecule has 0 aliphatic carbocycles. The van der Waals surface area contributed by atoms with E-state index in [0.29, 0.717) is 13.1 Å². The van der Waals surface area contributed by atoms with E-state index in [0.717, 1.165) is 25.7 Å². The van der Waals surface area contributed by atoms with Crippen LogP contribution in [0.2, 0.25) is 0 Å². The number of carbonyl (C=O) groups excluding carboxylic acids is 1. The van der Waals surface area contributed by atoms with E-state index >= 15 is 0 Å². The predicted molar refractivity (Wildman–Crippen MR) is 66.3 cm³/mol. The fourth-order valence-corrected chi connectivity index (χ4v) is 2.08. The number of amides is 2. The van der Waals surface area contributed by atoms with Gasteiger partial charge in [0.25, 0.3) is 0 Å². The minimum absolute atomic E-state index is 0.0366. The molecule has 1 aliphatic heterocycles. The molecule has 6 heteroatoms. The van der Waals surface area contributed by atoms with Gasteiger partial charge in [0.1, 0.15) is 6.04 Å². The molecule has 2 amide bonds. The highest BCUT2D eigenvalue weighted by Crippen LogP contribution is 2.10. The first-order valence-electron chi connectivity index (χ1n) is 6.54. The number of likely N-dealkylation sites (tertiary alicyclic amines) is 1. The summed E-state index contributed by atoms with van der Waals surface area (Å²) in [7, 11) is 0. The number of carboxylic acids is 1. The van der Waals surface area contributed by atoms with Gasteiger partial charge < -0.3 is 20.4 Å². The van der Waals surface area contributed by atoms with Gasteiger partial charge in [0.2, 0.25) is 0 Å². The summed E-state index contributed by atoms with van der Waals surface area (Å²) < 4.78 is 0. The van der Waals surface area contributed by atoms with Crippen molar-refractivity contribution in [3.05, 3.63) is 0 Å². The summed E-state index contributed by atoms with van der Waals surface area (Å²) in [5.74, 6) is -1.11. The largest absolute Gasteiger partial charge is 0.480 e. The quantitative estimate of drug-likeness (QED) is 0.695. The van der Waals surface area contributed by atoms with Gasteiger partial charge in [0.05, 0.1) is 0 Å². The van der Waals surface area contributed by atoms with Crippen molar-refractivity contribution in [2.24, 2.45) is 0 Å². The molecule has 0 radical (unpaired) electrons. The van der Waals surface area contributed by atoms with E-state index in [1.807, 2.05) is 0 Å². The minimum atomic E-state index is -1.11. The standard InChI is InChI=1S/C12H22N2O4/c15-9-6-10(11(16)17)13-12(18)14-7-4-2-1-3-5-8-14/h10,15H,1-9H2,(H,13,18)(H,16,17)/t10-/m1/s1. The number of aliphatic carboxylic acids is 1. The second kappa shape index (κ2) is 7.92. The fraction of sp³-hybridized carbons (Fsp3) is 0.833. The van der Waals surface area contributed by atoms with Gasteiger partial charge in [-0.2, -0.15) is 0 Å². The molecule has 0 aromatic carbocycles. The van der Waals surface area contributed by atoms with Crippen LogP contribution in [0.15, 0.2) is 0 Å². The van der Waals surface area contributed by atoms with Crippen LogP contribution >= 0.6 is 0 Å². The van der Waals surface area contributed by atoms with Crippen LogP contribution in [0.5, 0.6) is 0 Å². The van der Waals surface area contributed by atoms with E-state index in [9.17, 15) is 9.59 Å². The van der Waals surface area contributed by atoms with Crippen molar-refractivity contribution in [3.63, 3.8) is 0 Å². The topological polar surface area (TPSA) is 89.9 Å².